The van der Waals surface area contributed by atoms with Gasteiger partial charge in [0.05, 0.1) is 6.04 Å². The summed E-state index contributed by atoms with van der Waals surface area (Å²) >= 11 is 0. The van der Waals surface area contributed by atoms with Gasteiger partial charge in [-0.1, -0.05) is 33.1 Å². The number of carbonyl (C=O) groups is 1. The lowest BCUT2D eigenvalue weighted by Crippen LogP contribution is -2.49. The topological polar surface area (TPSA) is 41.1 Å². The number of hydrogen-bond donors (Lipinski definition) is 2. The van der Waals surface area contributed by atoms with E-state index in [-0.39, 0.29) is 18.0 Å². The van der Waals surface area contributed by atoms with Gasteiger partial charge in [0.2, 0.25) is 5.91 Å². The van der Waals surface area contributed by atoms with Crippen molar-refractivity contribution in [2.45, 2.75) is 84.3 Å². The highest BCUT2D eigenvalue weighted by atomic mass is 16.2. The molecule has 0 spiro atoms. The van der Waals surface area contributed by atoms with Gasteiger partial charge >= 0.3 is 0 Å². The fourth-order valence-corrected chi connectivity index (χ4v) is 2.71. The van der Waals surface area contributed by atoms with Crippen molar-refractivity contribution in [3.05, 3.63) is 0 Å². The summed E-state index contributed by atoms with van der Waals surface area (Å²) in [5, 5.41) is 6.54. The van der Waals surface area contributed by atoms with Gasteiger partial charge in [-0.15, -0.1) is 0 Å². The van der Waals surface area contributed by atoms with E-state index in [2.05, 4.69) is 31.4 Å². The van der Waals surface area contributed by atoms with E-state index in [1.165, 1.54) is 32.1 Å². The van der Waals surface area contributed by atoms with Crippen LogP contribution in [0, 0.1) is 5.92 Å². The third-order valence-electron chi connectivity index (χ3n) is 4.24. The van der Waals surface area contributed by atoms with Gasteiger partial charge in [0.1, 0.15) is 0 Å². The highest BCUT2D eigenvalue weighted by Gasteiger charge is 2.24. The van der Waals surface area contributed by atoms with Gasteiger partial charge in [0.15, 0.2) is 0 Å². The first-order chi connectivity index (χ1) is 8.56. The molecule has 1 aliphatic rings. The Morgan fingerprint density at radius 2 is 2.00 bits per heavy atom. The molecule has 1 rings (SSSR count). The maximum absolute atomic E-state index is 12.0. The van der Waals surface area contributed by atoms with Gasteiger partial charge in [-0.25, -0.2) is 0 Å². The van der Waals surface area contributed by atoms with Crippen molar-refractivity contribution >= 4 is 5.91 Å². The number of rotatable bonds is 6. The van der Waals surface area contributed by atoms with Crippen LogP contribution in [-0.4, -0.2) is 24.0 Å². The lowest BCUT2D eigenvalue weighted by molar-refractivity contribution is -0.123. The molecule has 0 heterocycles. The van der Waals surface area contributed by atoms with Crippen molar-refractivity contribution in [3.63, 3.8) is 0 Å². The highest BCUT2D eigenvalue weighted by Crippen LogP contribution is 2.26. The zero-order chi connectivity index (χ0) is 13.5. The van der Waals surface area contributed by atoms with Crippen LogP contribution in [0.25, 0.3) is 0 Å². The third kappa shape index (κ3) is 4.97. The quantitative estimate of drug-likeness (QED) is 0.765. The van der Waals surface area contributed by atoms with Gasteiger partial charge in [0, 0.05) is 12.1 Å². The second-order valence-corrected chi connectivity index (χ2v) is 5.84. The molecule has 18 heavy (non-hydrogen) atoms. The molecular weight excluding hydrogens is 224 g/mol. The monoisotopic (exact) mass is 254 g/mol. The molecule has 0 aromatic heterocycles. The zero-order valence-electron chi connectivity index (χ0n) is 12.5. The van der Waals surface area contributed by atoms with E-state index in [0.717, 1.165) is 12.3 Å². The Bertz CT molecular complexity index is 255. The van der Waals surface area contributed by atoms with Gasteiger partial charge in [-0.2, -0.15) is 0 Å². The van der Waals surface area contributed by atoms with Crippen LogP contribution in [0.15, 0.2) is 0 Å². The first-order valence-corrected chi connectivity index (χ1v) is 7.63. The zero-order valence-corrected chi connectivity index (χ0v) is 12.5. The number of hydrogen-bond acceptors (Lipinski definition) is 2. The van der Waals surface area contributed by atoms with Crippen LogP contribution < -0.4 is 10.6 Å². The molecule has 0 aromatic rings. The number of carbonyl (C=O) groups excluding carboxylic acids is 1. The van der Waals surface area contributed by atoms with E-state index in [0.29, 0.717) is 6.04 Å². The molecule has 106 valence electrons. The van der Waals surface area contributed by atoms with E-state index in [1.807, 2.05) is 6.92 Å². The minimum Gasteiger partial charge on any atom is -0.352 e. The second kappa shape index (κ2) is 7.78. The predicted octanol–water partition coefficient (Wildman–Crippen LogP) is 2.85. The Hall–Kier alpha value is -0.570. The maximum Gasteiger partial charge on any atom is 0.237 e. The smallest absolute Gasteiger partial charge is 0.237 e. The molecule has 0 bridgehead atoms. The van der Waals surface area contributed by atoms with Crippen molar-refractivity contribution in [1.82, 2.24) is 10.6 Å². The molecule has 0 aromatic carbocycles. The Kier molecular flexibility index (Phi) is 6.69. The average Bonchev–Trinajstić information content (AvgIpc) is 2.38. The van der Waals surface area contributed by atoms with Gasteiger partial charge in [-0.3, -0.25) is 4.79 Å². The lowest BCUT2D eigenvalue weighted by Gasteiger charge is -2.31. The maximum atomic E-state index is 12.0. The predicted molar refractivity (Wildman–Crippen MR) is 76.5 cm³/mol. The molecule has 4 unspecified atom stereocenters. The molecule has 0 aliphatic heterocycles. The molecule has 2 N–H and O–H groups in total. The van der Waals surface area contributed by atoms with Crippen LogP contribution in [0.3, 0.4) is 0 Å². The second-order valence-electron chi connectivity index (χ2n) is 5.84. The van der Waals surface area contributed by atoms with Crippen LogP contribution >= 0.6 is 0 Å². The molecule has 1 aliphatic carbocycles. The Morgan fingerprint density at radius 3 is 2.61 bits per heavy atom. The molecule has 1 amide bonds. The average molecular weight is 254 g/mol. The summed E-state index contributed by atoms with van der Waals surface area (Å²) in [6.07, 6.45) is 7.37. The summed E-state index contributed by atoms with van der Waals surface area (Å²) < 4.78 is 0. The highest BCUT2D eigenvalue weighted by molar-refractivity contribution is 5.81. The van der Waals surface area contributed by atoms with Crippen LogP contribution in [-0.2, 0) is 4.79 Å². The summed E-state index contributed by atoms with van der Waals surface area (Å²) in [4.78, 5) is 12.0. The third-order valence-corrected chi connectivity index (χ3v) is 4.24. The van der Waals surface area contributed by atoms with E-state index in [4.69, 9.17) is 0 Å². The standard InChI is InChI=1S/C15H30N2O/c1-5-11(3)16-15(18)12(4)17-14-9-7-8-13(6-2)10-14/h11-14,17H,5-10H2,1-4H3,(H,16,18). The Morgan fingerprint density at radius 1 is 1.28 bits per heavy atom. The molecule has 3 heteroatoms. The minimum absolute atomic E-state index is 0.0698. The lowest BCUT2D eigenvalue weighted by atomic mass is 9.84. The van der Waals surface area contributed by atoms with Crippen LogP contribution in [0.5, 0.6) is 0 Å². The molecule has 4 atom stereocenters. The van der Waals surface area contributed by atoms with Gasteiger partial charge < -0.3 is 10.6 Å². The Balaban J connectivity index is 2.34. The van der Waals surface area contributed by atoms with Crippen molar-refractivity contribution in [3.8, 4) is 0 Å². The molecule has 1 saturated carbocycles. The van der Waals surface area contributed by atoms with Crippen molar-refractivity contribution in [2.24, 2.45) is 5.92 Å². The minimum atomic E-state index is -0.0698. The summed E-state index contributed by atoms with van der Waals surface area (Å²) in [5.74, 6) is 0.990. The molecule has 0 radical (unpaired) electrons. The van der Waals surface area contributed by atoms with E-state index >= 15 is 0 Å². The first kappa shape index (κ1) is 15.5. The fourth-order valence-electron chi connectivity index (χ4n) is 2.71. The van der Waals surface area contributed by atoms with Crippen molar-refractivity contribution in [1.29, 1.82) is 0 Å². The van der Waals surface area contributed by atoms with E-state index in [1.54, 1.807) is 0 Å². The molecule has 3 nitrogen and oxygen atoms in total. The number of nitrogens with one attached hydrogen (secondary N) is 2. The Labute approximate surface area is 112 Å². The molecule has 0 saturated heterocycles. The van der Waals surface area contributed by atoms with Crippen LogP contribution in [0.1, 0.15) is 66.2 Å². The van der Waals surface area contributed by atoms with Crippen molar-refractivity contribution in [2.75, 3.05) is 0 Å². The van der Waals surface area contributed by atoms with Crippen molar-refractivity contribution < 1.29 is 4.79 Å². The van der Waals surface area contributed by atoms with Gasteiger partial charge in [0.25, 0.3) is 0 Å². The summed E-state index contributed by atoms with van der Waals surface area (Å²) in [7, 11) is 0. The molecule has 1 fully saturated rings. The van der Waals surface area contributed by atoms with E-state index < -0.39 is 0 Å². The number of amides is 1. The first-order valence-electron chi connectivity index (χ1n) is 7.63. The summed E-state index contributed by atoms with van der Waals surface area (Å²) in [6.45, 7) is 8.40. The molecular formula is C15H30N2O. The normalized spacial score (nSPS) is 27.6. The van der Waals surface area contributed by atoms with Crippen LogP contribution in [0.4, 0.5) is 0 Å². The summed E-state index contributed by atoms with van der Waals surface area (Å²) in [5.41, 5.74) is 0. The fraction of sp³-hybridized carbons (Fsp3) is 0.933. The van der Waals surface area contributed by atoms with Gasteiger partial charge in [-0.05, 0) is 39.0 Å². The van der Waals surface area contributed by atoms with E-state index in [9.17, 15) is 4.79 Å². The van der Waals surface area contributed by atoms with Crippen LogP contribution in [0.2, 0.25) is 0 Å². The SMILES string of the molecule is CCC1CCCC(NC(C)C(=O)NC(C)CC)C1. The largest absolute Gasteiger partial charge is 0.352 e. The summed E-state index contributed by atoms with van der Waals surface area (Å²) in [6, 6.07) is 0.734.